The van der Waals surface area contributed by atoms with Crippen LogP contribution in [0, 0.1) is 0 Å². The molecule has 0 amide bonds. The number of ether oxygens (including phenoxy) is 3. The maximum absolute atomic E-state index is 8.37. The Bertz CT molecular complexity index is 117. The molecule has 0 aliphatic heterocycles. The molecule has 0 aliphatic carbocycles. The predicted octanol–water partition coefficient (Wildman–Crippen LogP) is 3.03. The Morgan fingerprint density at radius 1 is 0.579 bits per heavy atom. The molecule has 0 fully saturated rings. The molecular weight excluding hydrogens is 244 g/mol. The average molecular weight is 278 g/mol. The maximum atomic E-state index is 8.37. The Balaban J connectivity index is 0. The van der Waals surface area contributed by atoms with Crippen LogP contribution in [0.15, 0.2) is 0 Å². The third-order valence-electron chi connectivity index (χ3n) is 2.20. The van der Waals surface area contributed by atoms with Crippen molar-refractivity contribution in [3.05, 3.63) is 0 Å². The van der Waals surface area contributed by atoms with Gasteiger partial charge in [0, 0.05) is 19.8 Å². The van der Waals surface area contributed by atoms with Crippen molar-refractivity contribution in [3.8, 4) is 0 Å². The summed E-state index contributed by atoms with van der Waals surface area (Å²) in [4.78, 5) is 0. The van der Waals surface area contributed by atoms with Crippen LogP contribution in [0.25, 0.3) is 0 Å². The number of rotatable bonds is 13. The van der Waals surface area contributed by atoms with E-state index >= 15 is 0 Å². The Kier molecular flexibility index (Phi) is 25.6. The molecule has 4 heteroatoms. The standard InChI is InChI=1S/C9H20O3.C6H14O/c1-2-3-4-6-11-8-9-12-7-5-10;1-3-5-7-6-4-2/h10H,2-9H2,1H3;3-6H2,1-2H3. The van der Waals surface area contributed by atoms with Gasteiger partial charge in [0.05, 0.1) is 26.4 Å². The van der Waals surface area contributed by atoms with Crippen molar-refractivity contribution in [2.24, 2.45) is 0 Å². The van der Waals surface area contributed by atoms with E-state index in [9.17, 15) is 0 Å². The van der Waals surface area contributed by atoms with Crippen LogP contribution in [0.3, 0.4) is 0 Å². The highest BCUT2D eigenvalue weighted by molar-refractivity contribution is 4.36. The second kappa shape index (κ2) is 23.0. The van der Waals surface area contributed by atoms with Crippen LogP contribution in [0.1, 0.15) is 52.9 Å². The summed E-state index contributed by atoms with van der Waals surface area (Å²) in [7, 11) is 0. The lowest BCUT2D eigenvalue weighted by molar-refractivity contribution is 0.0321. The van der Waals surface area contributed by atoms with Crippen molar-refractivity contribution in [1.29, 1.82) is 0 Å². The summed E-state index contributed by atoms with van der Waals surface area (Å²) >= 11 is 0. The minimum absolute atomic E-state index is 0.0931. The van der Waals surface area contributed by atoms with Crippen molar-refractivity contribution >= 4 is 0 Å². The number of unbranched alkanes of at least 4 members (excludes halogenated alkanes) is 2. The zero-order chi connectivity index (χ0) is 14.6. The summed E-state index contributed by atoms with van der Waals surface area (Å²) in [6.07, 6.45) is 5.87. The van der Waals surface area contributed by atoms with Gasteiger partial charge in [0.25, 0.3) is 0 Å². The number of aliphatic hydroxyl groups excluding tert-OH is 1. The van der Waals surface area contributed by atoms with E-state index in [1.807, 2.05) is 0 Å². The molecule has 0 saturated heterocycles. The lowest BCUT2D eigenvalue weighted by Crippen LogP contribution is -2.07. The Morgan fingerprint density at radius 3 is 1.58 bits per heavy atom. The van der Waals surface area contributed by atoms with E-state index in [0.29, 0.717) is 19.8 Å². The molecule has 4 nitrogen and oxygen atoms in total. The highest BCUT2D eigenvalue weighted by Crippen LogP contribution is 1.93. The fraction of sp³-hybridized carbons (Fsp3) is 1.00. The van der Waals surface area contributed by atoms with Crippen molar-refractivity contribution in [2.45, 2.75) is 52.9 Å². The fourth-order valence-electron chi connectivity index (χ4n) is 1.23. The number of hydrogen-bond donors (Lipinski definition) is 1. The molecule has 0 heterocycles. The van der Waals surface area contributed by atoms with Gasteiger partial charge in [0.15, 0.2) is 0 Å². The van der Waals surface area contributed by atoms with E-state index < -0.39 is 0 Å². The Hall–Kier alpha value is -0.160. The van der Waals surface area contributed by atoms with Gasteiger partial charge >= 0.3 is 0 Å². The molecule has 0 aromatic carbocycles. The van der Waals surface area contributed by atoms with Crippen molar-refractivity contribution < 1.29 is 19.3 Å². The van der Waals surface area contributed by atoms with Crippen molar-refractivity contribution in [1.82, 2.24) is 0 Å². The van der Waals surface area contributed by atoms with Crippen molar-refractivity contribution in [3.63, 3.8) is 0 Å². The first-order chi connectivity index (χ1) is 9.33. The second-order valence-electron chi connectivity index (χ2n) is 4.27. The minimum atomic E-state index is 0.0931. The molecule has 0 unspecified atom stereocenters. The van der Waals surface area contributed by atoms with Crippen LogP contribution in [0.4, 0.5) is 0 Å². The van der Waals surface area contributed by atoms with E-state index in [2.05, 4.69) is 20.8 Å². The lowest BCUT2D eigenvalue weighted by Gasteiger charge is -2.03. The topological polar surface area (TPSA) is 47.9 Å². The van der Waals surface area contributed by atoms with E-state index in [0.717, 1.165) is 39.1 Å². The first kappa shape index (κ1) is 21.1. The Morgan fingerprint density at radius 2 is 1.11 bits per heavy atom. The van der Waals surface area contributed by atoms with E-state index in [-0.39, 0.29) is 6.61 Å². The highest BCUT2D eigenvalue weighted by Gasteiger charge is 1.89. The SMILES string of the molecule is CCCCCOCCOCCO.CCCOCCC. The van der Waals surface area contributed by atoms with Crippen LogP contribution < -0.4 is 0 Å². The van der Waals surface area contributed by atoms with Crippen LogP contribution in [0.2, 0.25) is 0 Å². The molecule has 1 N–H and O–H groups in total. The molecule has 0 spiro atoms. The molecule has 0 bridgehead atoms. The van der Waals surface area contributed by atoms with Gasteiger partial charge in [-0.15, -0.1) is 0 Å². The molecular formula is C15H34O4. The normalized spacial score (nSPS) is 10.1. The fourth-order valence-corrected chi connectivity index (χ4v) is 1.23. The molecule has 0 radical (unpaired) electrons. The first-order valence-corrected chi connectivity index (χ1v) is 7.67. The maximum Gasteiger partial charge on any atom is 0.0701 e. The van der Waals surface area contributed by atoms with Gasteiger partial charge in [-0.3, -0.25) is 0 Å². The molecule has 0 aromatic heterocycles. The first-order valence-electron chi connectivity index (χ1n) is 7.67. The smallest absolute Gasteiger partial charge is 0.0701 e. The quantitative estimate of drug-likeness (QED) is 0.526. The third-order valence-corrected chi connectivity index (χ3v) is 2.20. The van der Waals surface area contributed by atoms with Crippen LogP contribution >= 0.6 is 0 Å². The second-order valence-corrected chi connectivity index (χ2v) is 4.27. The summed E-state index contributed by atoms with van der Waals surface area (Å²) in [6.45, 7) is 10.8. The van der Waals surface area contributed by atoms with E-state index in [4.69, 9.17) is 19.3 Å². The van der Waals surface area contributed by atoms with Gasteiger partial charge < -0.3 is 19.3 Å². The summed E-state index contributed by atoms with van der Waals surface area (Å²) in [5, 5.41) is 8.37. The van der Waals surface area contributed by atoms with Crippen LogP contribution in [-0.4, -0.2) is 51.4 Å². The summed E-state index contributed by atoms with van der Waals surface area (Å²) < 4.78 is 15.4. The highest BCUT2D eigenvalue weighted by atomic mass is 16.5. The molecule has 0 aromatic rings. The molecule has 19 heavy (non-hydrogen) atoms. The molecule has 0 rings (SSSR count). The molecule has 0 atom stereocenters. The average Bonchev–Trinajstić information content (AvgIpc) is 2.43. The number of aliphatic hydroxyl groups is 1. The predicted molar refractivity (Wildman–Crippen MR) is 79.6 cm³/mol. The zero-order valence-electron chi connectivity index (χ0n) is 13.2. The van der Waals surface area contributed by atoms with Gasteiger partial charge in [0.2, 0.25) is 0 Å². The van der Waals surface area contributed by atoms with Crippen LogP contribution in [-0.2, 0) is 14.2 Å². The Labute approximate surface area is 119 Å². The van der Waals surface area contributed by atoms with Gasteiger partial charge in [-0.25, -0.2) is 0 Å². The molecule has 0 aliphatic rings. The largest absolute Gasteiger partial charge is 0.394 e. The number of hydrogen-bond acceptors (Lipinski definition) is 4. The zero-order valence-corrected chi connectivity index (χ0v) is 13.2. The summed E-state index contributed by atoms with van der Waals surface area (Å²) in [6, 6.07) is 0. The summed E-state index contributed by atoms with van der Waals surface area (Å²) in [5.74, 6) is 0. The van der Waals surface area contributed by atoms with Gasteiger partial charge in [-0.1, -0.05) is 33.6 Å². The molecule has 118 valence electrons. The third kappa shape index (κ3) is 27.2. The summed E-state index contributed by atoms with van der Waals surface area (Å²) in [5.41, 5.74) is 0. The van der Waals surface area contributed by atoms with Gasteiger partial charge in [-0.2, -0.15) is 0 Å². The van der Waals surface area contributed by atoms with Gasteiger partial charge in [-0.05, 0) is 19.3 Å². The van der Waals surface area contributed by atoms with E-state index in [1.54, 1.807) is 0 Å². The lowest BCUT2D eigenvalue weighted by atomic mass is 10.3. The monoisotopic (exact) mass is 278 g/mol. The minimum Gasteiger partial charge on any atom is -0.394 e. The van der Waals surface area contributed by atoms with Crippen molar-refractivity contribution in [2.75, 3.05) is 46.2 Å². The van der Waals surface area contributed by atoms with E-state index in [1.165, 1.54) is 12.8 Å². The van der Waals surface area contributed by atoms with Gasteiger partial charge in [0.1, 0.15) is 0 Å². The van der Waals surface area contributed by atoms with Crippen LogP contribution in [0.5, 0.6) is 0 Å². The molecule has 0 saturated carbocycles.